The number of hydrogen-bond acceptors (Lipinski definition) is 0. The molecule has 0 atom stereocenters. The molecule has 24 heavy (non-hydrogen) atoms. The Balaban J connectivity index is 1.93. The van der Waals surface area contributed by atoms with Gasteiger partial charge in [0.1, 0.15) is 11.6 Å². The van der Waals surface area contributed by atoms with E-state index in [1.54, 1.807) is 24.3 Å². The van der Waals surface area contributed by atoms with E-state index in [4.69, 9.17) is 0 Å². The highest BCUT2D eigenvalue weighted by Gasteiger charge is 2.18. The molecule has 3 heteroatoms. The van der Waals surface area contributed by atoms with Crippen molar-refractivity contribution in [3.8, 4) is 0 Å². The SMILES string of the molecule is Fc1ccc(C(c2ccc(F)cc2)n2ccc3ccccc32)cc1. The lowest BCUT2D eigenvalue weighted by atomic mass is 9.98. The van der Waals surface area contributed by atoms with Crippen LogP contribution in [-0.4, -0.2) is 4.57 Å². The molecule has 3 aromatic carbocycles. The van der Waals surface area contributed by atoms with Crippen molar-refractivity contribution in [1.29, 1.82) is 0 Å². The molecule has 0 saturated heterocycles. The molecule has 1 nitrogen and oxygen atoms in total. The summed E-state index contributed by atoms with van der Waals surface area (Å²) in [4.78, 5) is 0. The predicted molar refractivity (Wildman–Crippen MR) is 92.0 cm³/mol. The molecule has 0 aliphatic heterocycles. The van der Waals surface area contributed by atoms with Crippen molar-refractivity contribution < 1.29 is 8.78 Å². The maximum Gasteiger partial charge on any atom is 0.123 e. The molecule has 118 valence electrons. The zero-order chi connectivity index (χ0) is 16.5. The van der Waals surface area contributed by atoms with Gasteiger partial charge in [0.05, 0.1) is 6.04 Å². The predicted octanol–water partition coefficient (Wildman–Crippen LogP) is 5.56. The highest BCUT2D eigenvalue weighted by molar-refractivity contribution is 5.80. The third-order valence-corrected chi connectivity index (χ3v) is 4.28. The monoisotopic (exact) mass is 319 g/mol. The minimum absolute atomic E-state index is 0.147. The molecular weight excluding hydrogens is 304 g/mol. The first-order valence-electron chi connectivity index (χ1n) is 7.79. The Morgan fingerprint density at radius 2 is 1.17 bits per heavy atom. The van der Waals surface area contributed by atoms with Gasteiger partial charge in [0.15, 0.2) is 0 Å². The second-order valence-corrected chi connectivity index (χ2v) is 5.79. The second-order valence-electron chi connectivity index (χ2n) is 5.79. The van der Waals surface area contributed by atoms with Crippen molar-refractivity contribution in [1.82, 2.24) is 4.57 Å². The molecule has 0 saturated carbocycles. The first-order valence-corrected chi connectivity index (χ1v) is 7.79. The van der Waals surface area contributed by atoms with Gasteiger partial charge in [-0.25, -0.2) is 8.78 Å². The third-order valence-electron chi connectivity index (χ3n) is 4.28. The quantitative estimate of drug-likeness (QED) is 0.466. The largest absolute Gasteiger partial charge is 0.336 e. The van der Waals surface area contributed by atoms with Crippen LogP contribution in [0.3, 0.4) is 0 Å². The van der Waals surface area contributed by atoms with Gasteiger partial charge in [0, 0.05) is 11.7 Å². The summed E-state index contributed by atoms with van der Waals surface area (Å²) in [5.41, 5.74) is 2.98. The van der Waals surface area contributed by atoms with Crippen molar-refractivity contribution in [2.75, 3.05) is 0 Å². The standard InChI is InChI=1S/C21H15F2N/c22-18-9-5-16(6-10-18)21(17-7-11-19(23)12-8-17)24-14-13-15-3-1-2-4-20(15)24/h1-14,21H. The summed E-state index contributed by atoms with van der Waals surface area (Å²) in [7, 11) is 0. The van der Waals surface area contributed by atoms with Crippen LogP contribution in [0.25, 0.3) is 10.9 Å². The zero-order valence-corrected chi connectivity index (χ0v) is 12.9. The number of halogens is 2. The molecule has 0 aliphatic rings. The fraction of sp³-hybridized carbons (Fsp3) is 0.0476. The van der Waals surface area contributed by atoms with Gasteiger partial charge in [0.25, 0.3) is 0 Å². The van der Waals surface area contributed by atoms with E-state index < -0.39 is 0 Å². The van der Waals surface area contributed by atoms with E-state index in [0.717, 1.165) is 22.0 Å². The lowest BCUT2D eigenvalue weighted by molar-refractivity contribution is 0.621. The first-order chi connectivity index (χ1) is 11.7. The molecule has 4 rings (SSSR count). The third kappa shape index (κ3) is 2.58. The van der Waals surface area contributed by atoms with Gasteiger partial charge in [-0.1, -0.05) is 42.5 Å². The molecule has 1 heterocycles. The minimum Gasteiger partial charge on any atom is -0.336 e. The minimum atomic E-state index is -0.269. The molecule has 4 aromatic rings. The van der Waals surface area contributed by atoms with Crippen molar-refractivity contribution in [3.63, 3.8) is 0 Å². The van der Waals surface area contributed by atoms with Crippen LogP contribution in [0, 0.1) is 11.6 Å². The van der Waals surface area contributed by atoms with E-state index in [2.05, 4.69) is 22.8 Å². The Kier molecular flexibility index (Phi) is 3.62. The molecule has 0 fully saturated rings. The molecule has 0 amide bonds. The van der Waals surface area contributed by atoms with Crippen LogP contribution < -0.4 is 0 Å². The lowest BCUT2D eigenvalue weighted by Crippen LogP contribution is -2.11. The van der Waals surface area contributed by atoms with E-state index >= 15 is 0 Å². The smallest absolute Gasteiger partial charge is 0.123 e. The van der Waals surface area contributed by atoms with Crippen molar-refractivity contribution in [2.45, 2.75) is 6.04 Å². The van der Waals surface area contributed by atoms with Gasteiger partial charge >= 0.3 is 0 Å². The number of para-hydroxylation sites is 1. The number of aromatic nitrogens is 1. The molecule has 0 radical (unpaired) electrons. The van der Waals surface area contributed by atoms with E-state index in [1.807, 2.05) is 18.3 Å². The highest BCUT2D eigenvalue weighted by Crippen LogP contribution is 2.31. The van der Waals surface area contributed by atoms with E-state index in [0.29, 0.717) is 0 Å². The summed E-state index contributed by atoms with van der Waals surface area (Å²) >= 11 is 0. The van der Waals surface area contributed by atoms with Crippen LogP contribution in [0.1, 0.15) is 17.2 Å². The van der Waals surface area contributed by atoms with Gasteiger partial charge in [-0.3, -0.25) is 0 Å². The number of nitrogens with zero attached hydrogens (tertiary/aromatic N) is 1. The Hall–Kier alpha value is -2.94. The Morgan fingerprint density at radius 3 is 1.75 bits per heavy atom. The average Bonchev–Trinajstić information content (AvgIpc) is 3.03. The summed E-state index contributed by atoms with van der Waals surface area (Å²) in [6, 6.07) is 22.9. The van der Waals surface area contributed by atoms with E-state index in [1.165, 1.54) is 24.3 Å². The number of fused-ring (bicyclic) bond motifs is 1. The van der Waals surface area contributed by atoms with Crippen molar-refractivity contribution >= 4 is 10.9 Å². The number of benzene rings is 3. The molecule has 0 unspecified atom stereocenters. The van der Waals surface area contributed by atoms with E-state index in [-0.39, 0.29) is 17.7 Å². The fourth-order valence-electron chi connectivity index (χ4n) is 3.13. The Morgan fingerprint density at radius 1 is 0.625 bits per heavy atom. The summed E-state index contributed by atoms with van der Waals surface area (Å²) in [5.74, 6) is -0.539. The van der Waals surface area contributed by atoms with Crippen LogP contribution in [0.4, 0.5) is 8.78 Å². The van der Waals surface area contributed by atoms with E-state index in [9.17, 15) is 8.78 Å². The van der Waals surface area contributed by atoms with Crippen LogP contribution in [0.5, 0.6) is 0 Å². The fourth-order valence-corrected chi connectivity index (χ4v) is 3.13. The topological polar surface area (TPSA) is 4.93 Å². The van der Waals surface area contributed by atoms with Crippen molar-refractivity contribution in [3.05, 3.63) is 108 Å². The van der Waals surface area contributed by atoms with Crippen LogP contribution in [0.2, 0.25) is 0 Å². The Bertz CT molecular complexity index is 923. The Labute approximate surface area is 138 Å². The highest BCUT2D eigenvalue weighted by atomic mass is 19.1. The maximum absolute atomic E-state index is 13.3. The van der Waals surface area contributed by atoms with Crippen LogP contribution in [0.15, 0.2) is 85.1 Å². The van der Waals surface area contributed by atoms with Gasteiger partial charge in [-0.15, -0.1) is 0 Å². The van der Waals surface area contributed by atoms with Gasteiger partial charge in [-0.05, 0) is 52.9 Å². The van der Waals surface area contributed by atoms with Crippen LogP contribution in [-0.2, 0) is 0 Å². The molecule has 1 aromatic heterocycles. The van der Waals surface area contributed by atoms with Gasteiger partial charge < -0.3 is 4.57 Å². The summed E-state index contributed by atoms with van der Waals surface area (Å²) in [5, 5.41) is 1.13. The molecule has 0 N–H and O–H groups in total. The summed E-state index contributed by atoms with van der Waals surface area (Å²) < 4.78 is 28.8. The lowest BCUT2D eigenvalue weighted by Gasteiger charge is -2.21. The molecule has 0 aliphatic carbocycles. The molecule has 0 bridgehead atoms. The number of rotatable bonds is 3. The normalized spacial score (nSPS) is 11.3. The summed E-state index contributed by atoms with van der Waals surface area (Å²) in [6.07, 6.45) is 2.02. The summed E-state index contributed by atoms with van der Waals surface area (Å²) in [6.45, 7) is 0. The van der Waals surface area contributed by atoms with Crippen molar-refractivity contribution in [2.24, 2.45) is 0 Å². The molecule has 0 spiro atoms. The maximum atomic E-state index is 13.3. The first kappa shape index (κ1) is 14.6. The van der Waals surface area contributed by atoms with Gasteiger partial charge in [0.2, 0.25) is 0 Å². The number of hydrogen-bond donors (Lipinski definition) is 0. The second kappa shape index (κ2) is 5.93. The van der Waals surface area contributed by atoms with Gasteiger partial charge in [-0.2, -0.15) is 0 Å². The average molecular weight is 319 g/mol. The molecular formula is C21H15F2N. The zero-order valence-electron chi connectivity index (χ0n) is 12.9. The van der Waals surface area contributed by atoms with Crippen LogP contribution >= 0.6 is 0 Å².